The van der Waals surface area contributed by atoms with Crippen molar-refractivity contribution in [2.75, 3.05) is 0 Å². The summed E-state index contributed by atoms with van der Waals surface area (Å²) in [5, 5.41) is 5.95. The van der Waals surface area contributed by atoms with Crippen LogP contribution in [0.15, 0.2) is 116 Å². The second-order valence-electron chi connectivity index (χ2n) is 10.9. The molecule has 5 nitrogen and oxygen atoms in total. The fourth-order valence-corrected chi connectivity index (χ4v) is 7.15. The number of imidazole rings is 1. The number of hydrogen-bond donors (Lipinski definition) is 0. The third kappa shape index (κ3) is 2.68. The molecule has 0 saturated carbocycles. The van der Waals surface area contributed by atoms with E-state index in [2.05, 4.69) is 110 Å². The molecule has 10 rings (SSSR count). The zero-order valence-electron chi connectivity index (χ0n) is 21.9. The Bertz CT molecular complexity index is 2550. The van der Waals surface area contributed by atoms with Crippen LogP contribution < -0.4 is 0 Å². The minimum atomic E-state index is 0.740. The Morgan fingerprint density at radius 3 is 2.44 bits per heavy atom. The van der Waals surface area contributed by atoms with Gasteiger partial charge in [0.05, 0.1) is 28.3 Å². The lowest BCUT2D eigenvalue weighted by Gasteiger charge is -2.13. The van der Waals surface area contributed by atoms with E-state index in [0.29, 0.717) is 0 Å². The molecule has 4 aromatic carbocycles. The van der Waals surface area contributed by atoms with Crippen molar-refractivity contribution in [1.29, 1.82) is 0 Å². The van der Waals surface area contributed by atoms with Crippen molar-refractivity contribution in [2.24, 2.45) is 0 Å². The Morgan fingerprint density at radius 2 is 1.49 bits per heavy atom. The van der Waals surface area contributed by atoms with E-state index in [9.17, 15) is 0 Å². The van der Waals surface area contributed by atoms with Gasteiger partial charge in [0.1, 0.15) is 5.65 Å². The molecule has 5 aromatic heterocycles. The molecular formula is C36H21N5. The van der Waals surface area contributed by atoms with Crippen LogP contribution in [0.4, 0.5) is 0 Å². The lowest BCUT2D eigenvalue weighted by molar-refractivity contribution is 1.18. The van der Waals surface area contributed by atoms with Gasteiger partial charge in [-0.05, 0) is 77.2 Å². The van der Waals surface area contributed by atoms with Crippen LogP contribution in [0.1, 0.15) is 11.1 Å². The summed E-state index contributed by atoms with van der Waals surface area (Å²) in [6.07, 6.45) is 6.62. The van der Waals surface area contributed by atoms with Gasteiger partial charge < -0.3 is 4.57 Å². The standard InChI is InChI=1S/C36H21N5/c1-2-8-23(9-3-1)40-31-19-28-22(17-21-7-4-5-10-24(21)28)18-29(31)25-12-13-27-33(34(25)40)26-14-16-37-20-32(26)41-30-11-6-15-38-35(30)39-36(27)41/h1-16,18-20H,17H2. The van der Waals surface area contributed by atoms with Gasteiger partial charge in [0, 0.05) is 45.0 Å². The van der Waals surface area contributed by atoms with Crippen LogP contribution in [0.2, 0.25) is 0 Å². The van der Waals surface area contributed by atoms with Gasteiger partial charge in [-0.3, -0.25) is 9.38 Å². The van der Waals surface area contributed by atoms with E-state index in [1.165, 1.54) is 49.4 Å². The Morgan fingerprint density at radius 1 is 0.610 bits per heavy atom. The average molecular weight is 524 g/mol. The first kappa shape index (κ1) is 21.3. The van der Waals surface area contributed by atoms with Gasteiger partial charge >= 0.3 is 0 Å². The quantitative estimate of drug-likeness (QED) is 0.204. The Hall–Kier alpha value is -5.55. The van der Waals surface area contributed by atoms with Crippen LogP contribution in [0.5, 0.6) is 0 Å². The minimum absolute atomic E-state index is 0.740. The molecule has 1 aliphatic rings. The maximum Gasteiger partial charge on any atom is 0.178 e. The predicted octanol–water partition coefficient (Wildman–Crippen LogP) is 8.25. The van der Waals surface area contributed by atoms with Gasteiger partial charge in [-0.2, -0.15) is 0 Å². The van der Waals surface area contributed by atoms with E-state index in [0.717, 1.165) is 45.2 Å². The van der Waals surface area contributed by atoms with Crippen LogP contribution in [-0.2, 0) is 6.42 Å². The van der Waals surface area contributed by atoms with Crippen LogP contribution in [0.25, 0.3) is 77.1 Å². The van der Waals surface area contributed by atoms with Crippen molar-refractivity contribution in [3.05, 3.63) is 127 Å². The smallest absolute Gasteiger partial charge is 0.178 e. The monoisotopic (exact) mass is 523 g/mol. The molecule has 0 bridgehead atoms. The van der Waals surface area contributed by atoms with Crippen LogP contribution in [-0.4, -0.2) is 23.9 Å². The maximum atomic E-state index is 5.05. The highest BCUT2D eigenvalue weighted by Crippen LogP contribution is 2.45. The van der Waals surface area contributed by atoms with Gasteiger partial charge in [-0.15, -0.1) is 0 Å². The molecule has 0 saturated heterocycles. The molecule has 5 heteroatoms. The minimum Gasteiger partial charge on any atom is -0.309 e. The van der Waals surface area contributed by atoms with E-state index in [4.69, 9.17) is 4.98 Å². The van der Waals surface area contributed by atoms with Gasteiger partial charge in [-0.25, -0.2) is 9.97 Å². The third-order valence-electron chi connectivity index (χ3n) is 8.84. The van der Waals surface area contributed by atoms with Crippen molar-refractivity contribution < 1.29 is 0 Å². The summed E-state index contributed by atoms with van der Waals surface area (Å²) in [5.74, 6) is 0. The SMILES string of the molecule is c1ccc(-n2c3cc4c(cc3c3ccc5c(c6ccncc6n6c7cccnc7nc56)c32)Cc2ccccc2-4)cc1. The summed E-state index contributed by atoms with van der Waals surface area (Å²) in [6, 6.07) is 35.1. The molecule has 190 valence electrons. The first-order valence-electron chi connectivity index (χ1n) is 13.9. The lowest BCUT2D eigenvalue weighted by atomic mass is 10.0. The normalized spacial score (nSPS) is 12.8. The fraction of sp³-hybridized carbons (Fsp3) is 0.0278. The van der Waals surface area contributed by atoms with E-state index in [1.807, 2.05) is 18.5 Å². The number of pyridine rings is 3. The average Bonchev–Trinajstić information content (AvgIpc) is 3.70. The largest absolute Gasteiger partial charge is 0.309 e. The number of fused-ring (bicyclic) bond motifs is 15. The molecule has 0 fully saturated rings. The van der Waals surface area contributed by atoms with Crippen LogP contribution in [0, 0.1) is 0 Å². The second kappa shape index (κ2) is 7.55. The molecule has 0 aliphatic heterocycles. The van der Waals surface area contributed by atoms with Crippen molar-refractivity contribution >= 4 is 60.3 Å². The Labute approximate surface area is 234 Å². The summed E-state index contributed by atoms with van der Waals surface area (Å²) >= 11 is 0. The highest BCUT2D eigenvalue weighted by atomic mass is 15.1. The Balaban J connectivity index is 1.47. The number of para-hydroxylation sites is 1. The zero-order valence-corrected chi connectivity index (χ0v) is 21.9. The summed E-state index contributed by atoms with van der Waals surface area (Å²) in [5.41, 5.74) is 12.7. The molecule has 0 amide bonds. The number of rotatable bonds is 1. The van der Waals surface area contributed by atoms with Gasteiger partial charge in [0.2, 0.25) is 0 Å². The van der Waals surface area contributed by atoms with E-state index < -0.39 is 0 Å². The molecule has 0 atom stereocenters. The number of hydrogen-bond acceptors (Lipinski definition) is 3. The zero-order chi connectivity index (χ0) is 26.7. The molecule has 0 radical (unpaired) electrons. The van der Waals surface area contributed by atoms with Gasteiger partial charge in [0.25, 0.3) is 0 Å². The fourth-order valence-electron chi connectivity index (χ4n) is 7.15. The number of benzene rings is 4. The van der Waals surface area contributed by atoms with Gasteiger partial charge in [0.15, 0.2) is 5.65 Å². The maximum absolute atomic E-state index is 5.05. The molecule has 1 aliphatic carbocycles. The topological polar surface area (TPSA) is 48.0 Å². The van der Waals surface area contributed by atoms with Crippen molar-refractivity contribution in [3.8, 4) is 16.8 Å². The summed E-state index contributed by atoms with van der Waals surface area (Å²) < 4.78 is 4.66. The summed E-state index contributed by atoms with van der Waals surface area (Å²) in [7, 11) is 0. The predicted molar refractivity (Wildman–Crippen MR) is 166 cm³/mol. The van der Waals surface area contributed by atoms with E-state index >= 15 is 0 Å². The first-order valence-corrected chi connectivity index (χ1v) is 13.9. The molecule has 9 aromatic rings. The molecule has 0 unspecified atom stereocenters. The Kier molecular flexibility index (Phi) is 3.92. The van der Waals surface area contributed by atoms with Gasteiger partial charge in [-0.1, -0.05) is 48.5 Å². The molecule has 0 N–H and O–H groups in total. The van der Waals surface area contributed by atoms with E-state index in [1.54, 1.807) is 6.20 Å². The summed E-state index contributed by atoms with van der Waals surface area (Å²) in [4.78, 5) is 14.2. The highest BCUT2D eigenvalue weighted by Gasteiger charge is 2.24. The van der Waals surface area contributed by atoms with Crippen molar-refractivity contribution in [1.82, 2.24) is 23.9 Å². The second-order valence-corrected chi connectivity index (χ2v) is 10.9. The van der Waals surface area contributed by atoms with Crippen molar-refractivity contribution in [2.45, 2.75) is 6.42 Å². The molecule has 0 spiro atoms. The van der Waals surface area contributed by atoms with E-state index in [-0.39, 0.29) is 0 Å². The van der Waals surface area contributed by atoms with Crippen LogP contribution >= 0.6 is 0 Å². The lowest BCUT2D eigenvalue weighted by Crippen LogP contribution is -1.97. The third-order valence-corrected chi connectivity index (χ3v) is 8.84. The molecular weight excluding hydrogens is 502 g/mol. The number of aromatic nitrogens is 5. The first-order chi connectivity index (χ1) is 20.3. The van der Waals surface area contributed by atoms with Crippen molar-refractivity contribution in [3.63, 3.8) is 0 Å². The molecule has 41 heavy (non-hydrogen) atoms. The molecule has 5 heterocycles. The van der Waals surface area contributed by atoms with Crippen LogP contribution in [0.3, 0.4) is 0 Å². The summed E-state index contributed by atoms with van der Waals surface area (Å²) in [6.45, 7) is 0. The highest BCUT2D eigenvalue weighted by molar-refractivity contribution is 6.28. The number of nitrogens with zero attached hydrogens (tertiary/aromatic N) is 5.